The minimum Gasteiger partial charge on any atom is -0.370 e. The standard InChI is InChI=1S/C12H18BrNO/c1-9(2)15-12(8-14-3)10-5-4-6-11(13)7-10/h4-7,9,12,14H,8H2,1-3H3/t12-/m1/s1. The predicted octanol–water partition coefficient (Wildman–Crippen LogP) is 3.13. The second kappa shape index (κ2) is 6.26. The van der Waals surface area contributed by atoms with Gasteiger partial charge in [0.2, 0.25) is 0 Å². The van der Waals surface area contributed by atoms with Crippen LogP contribution < -0.4 is 5.32 Å². The fourth-order valence-corrected chi connectivity index (χ4v) is 1.88. The number of likely N-dealkylation sites (N-methyl/N-ethyl adjacent to an activating group) is 1. The maximum atomic E-state index is 5.85. The summed E-state index contributed by atoms with van der Waals surface area (Å²) in [6.45, 7) is 4.94. The van der Waals surface area contributed by atoms with Crippen LogP contribution in [0, 0.1) is 0 Å². The molecule has 0 radical (unpaired) electrons. The van der Waals surface area contributed by atoms with Gasteiger partial charge in [-0.25, -0.2) is 0 Å². The Morgan fingerprint density at radius 2 is 2.13 bits per heavy atom. The van der Waals surface area contributed by atoms with Gasteiger partial charge in [-0.3, -0.25) is 0 Å². The minimum absolute atomic E-state index is 0.118. The molecule has 1 N–H and O–H groups in total. The van der Waals surface area contributed by atoms with E-state index in [1.807, 2.05) is 19.2 Å². The lowest BCUT2D eigenvalue weighted by Gasteiger charge is -2.20. The lowest BCUT2D eigenvalue weighted by Crippen LogP contribution is -2.22. The van der Waals surface area contributed by atoms with Crippen molar-refractivity contribution in [1.29, 1.82) is 0 Å². The van der Waals surface area contributed by atoms with E-state index in [1.165, 1.54) is 5.56 Å². The summed E-state index contributed by atoms with van der Waals surface area (Å²) in [5.74, 6) is 0. The molecule has 15 heavy (non-hydrogen) atoms. The zero-order valence-electron chi connectivity index (χ0n) is 9.46. The molecule has 0 heterocycles. The molecule has 0 amide bonds. The molecule has 1 atom stereocenters. The van der Waals surface area contributed by atoms with Crippen molar-refractivity contribution in [2.24, 2.45) is 0 Å². The van der Waals surface area contributed by atoms with E-state index in [4.69, 9.17) is 4.74 Å². The van der Waals surface area contributed by atoms with Crippen LogP contribution in [-0.4, -0.2) is 19.7 Å². The topological polar surface area (TPSA) is 21.3 Å². The van der Waals surface area contributed by atoms with Crippen LogP contribution in [0.3, 0.4) is 0 Å². The Labute approximate surface area is 100 Å². The van der Waals surface area contributed by atoms with Crippen LogP contribution in [0.1, 0.15) is 25.5 Å². The summed E-state index contributed by atoms with van der Waals surface area (Å²) < 4.78 is 6.94. The van der Waals surface area contributed by atoms with Crippen molar-refractivity contribution < 1.29 is 4.74 Å². The largest absolute Gasteiger partial charge is 0.370 e. The smallest absolute Gasteiger partial charge is 0.0952 e. The van der Waals surface area contributed by atoms with E-state index in [1.54, 1.807) is 0 Å². The van der Waals surface area contributed by atoms with Crippen molar-refractivity contribution in [2.75, 3.05) is 13.6 Å². The van der Waals surface area contributed by atoms with Crippen molar-refractivity contribution in [1.82, 2.24) is 5.32 Å². The molecular formula is C12H18BrNO. The highest BCUT2D eigenvalue weighted by molar-refractivity contribution is 9.10. The van der Waals surface area contributed by atoms with E-state index in [9.17, 15) is 0 Å². The van der Waals surface area contributed by atoms with Crippen LogP contribution in [0.4, 0.5) is 0 Å². The maximum Gasteiger partial charge on any atom is 0.0952 e. The van der Waals surface area contributed by atoms with Crippen LogP contribution in [0.25, 0.3) is 0 Å². The van der Waals surface area contributed by atoms with Gasteiger partial charge < -0.3 is 10.1 Å². The number of ether oxygens (including phenoxy) is 1. The molecule has 1 aromatic carbocycles. The Balaban J connectivity index is 2.78. The molecule has 0 aliphatic heterocycles. The van der Waals surface area contributed by atoms with E-state index in [2.05, 4.69) is 47.2 Å². The quantitative estimate of drug-likeness (QED) is 0.889. The van der Waals surface area contributed by atoms with Crippen molar-refractivity contribution in [2.45, 2.75) is 26.1 Å². The van der Waals surface area contributed by atoms with Crippen molar-refractivity contribution in [3.8, 4) is 0 Å². The van der Waals surface area contributed by atoms with Gasteiger partial charge in [0.05, 0.1) is 12.2 Å². The number of benzene rings is 1. The molecule has 0 saturated heterocycles. The Kier molecular flexibility index (Phi) is 5.29. The Hall–Kier alpha value is -0.380. The average Bonchev–Trinajstić information content (AvgIpc) is 2.16. The van der Waals surface area contributed by atoms with Crippen LogP contribution in [0.15, 0.2) is 28.7 Å². The molecule has 3 heteroatoms. The van der Waals surface area contributed by atoms with E-state index >= 15 is 0 Å². The van der Waals surface area contributed by atoms with Crippen molar-refractivity contribution >= 4 is 15.9 Å². The number of halogens is 1. The van der Waals surface area contributed by atoms with Gasteiger partial charge in [-0.15, -0.1) is 0 Å². The summed E-state index contributed by atoms with van der Waals surface area (Å²) in [7, 11) is 1.94. The molecule has 1 aromatic rings. The zero-order chi connectivity index (χ0) is 11.3. The molecule has 1 rings (SSSR count). The third-order valence-electron chi connectivity index (χ3n) is 2.05. The molecule has 2 nitrogen and oxygen atoms in total. The van der Waals surface area contributed by atoms with Gasteiger partial charge in [0, 0.05) is 11.0 Å². The number of nitrogens with one attached hydrogen (secondary N) is 1. The molecule has 0 aromatic heterocycles. The molecule has 0 unspecified atom stereocenters. The number of hydrogen-bond acceptors (Lipinski definition) is 2. The van der Waals surface area contributed by atoms with Crippen LogP contribution in [0.2, 0.25) is 0 Å². The Morgan fingerprint density at radius 3 is 2.67 bits per heavy atom. The summed E-state index contributed by atoms with van der Waals surface area (Å²) in [6, 6.07) is 8.25. The fourth-order valence-electron chi connectivity index (χ4n) is 1.47. The first-order valence-electron chi connectivity index (χ1n) is 5.19. The molecule has 0 spiro atoms. The van der Waals surface area contributed by atoms with Crippen LogP contribution in [-0.2, 0) is 4.74 Å². The summed E-state index contributed by atoms with van der Waals surface area (Å²) in [5, 5.41) is 3.15. The molecule has 0 bridgehead atoms. The minimum atomic E-state index is 0.118. The van der Waals surface area contributed by atoms with Crippen molar-refractivity contribution in [3.63, 3.8) is 0 Å². The van der Waals surface area contributed by atoms with E-state index in [0.717, 1.165) is 11.0 Å². The number of hydrogen-bond donors (Lipinski definition) is 1. The normalized spacial score (nSPS) is 13.1. The third kappa shape index (κ3) is 4.33. The van der Waals surface area contributed by atoms with Crippen LogP contribution >= 0.6 is 15.9 Å². The van der Waals surface area contributed by atoms with E-state index in [0.29, 0.717) is 0 Å². The average molecular weight is 272 g/mol. The highest BCUT2D eigenvalue weighted by Gasteiger charge is 2.12. The van der Waals surface area contributed by atoms with Gasteiger partial charge in [-0.05, 0) is 38.6 Å². The highest BCUT2D eigenvalue weighted by Crippen LogP contribution is 2.21. The molecule has 84 valence electrons. The molecule has 0 aliphatic carbocycles. The first-order chi connectivity index (χ1) is 7.13. The van der Waals surface area contributed by atoms with Crippen molar-refractivity contribution in [3.05, 3.63) is 34.3 Å². The van der Waals surface area contributed by atoms with Gasteiger partial charge in [-0.2, -0.15) is 0 Å². The van der Waals surface area contributed by atoms with Gasteiger partial charge >= 0.3 is 0 Å². The first kappa shape index (κ1) is 12.7. The summed E-state index contributed by atoms with van der Waals surface area (Å²) >= 11 is 3.47. The van der Waals surface area contributed by atoms with E-state index < -0.39 is 0 Å². The fraction of sp³-hybridized carbons (Fsp3) is 0.500. The molecule has 0 fully saturated rings. The van der Waals surface area contributed by atoms with Gasteiger partial charge in [0.15, 0.2) is 0 Å². The predicted molar refractivity (Wildman–Crippen MR) is 67.0 cm³/mol. The Morgan fingerprint density at radius 1 is 1.40 bits per heavy atom. The summed E-state index contributed by atoms with van der Waals surface area (Å²) in [6.07, 6.45) is 0.356. The second-order valence-corrected chi connectivity index (χ2v) is 4.70. The Bertz CT molecular complexity index is 301. The lowest BCUT2D eigenvalue weighted by molar-refractivity contribution is 0.00811. The van der Waals surface area contributed by atoms with Gasteiger partial charge in [-0.1, -0.05) is 28.1 Å². The highest BCUT2D eigenvalue weighted by atomic mass is 79.9. The molecular weight excluding hydrogens is 254 g/mol. The van der Waals surface area contributed by atoms with E-state index in [-0.39, 0.29) is 12.2 Å². The lowest BCUT2D eigenvalue weighted by atomic mass is 10.1. The van der Waals surface area contributed by atoms with Crippen LogP contribution in [0.5, 0.6) is 0 Å². The monoisotopic (exact) mass is 271 g/mol. The summed E-state index contributed by atoms with van der Waals surface area (Å²) in [4.78, 5) is 0. The number of rotatable bonds is 5. The maximum absolute atomic E-state index is 5.85. The SMILES string of the molecule is CNC[C@@H](OC(C)C)c1cccc(Br)c1. The first-order valence-corrected chi connectivity index (χ1v) is 5.98. The third-order valence-corrected chi connectivity index (χ3v) is 2.54. The van der Waals surface area contributed by atoms with Gasteiger partial charge in [0.1, 0.15) is 0 Å². The molecule has 0 saturated carbocycles. The van der Waals surface area contributed by atoms with Gasteiger partial charge in [0.25, 0.3) is 0 Å². The molecule has 0 aliphatic rings. The zero-order valence-corrected chi connectivity index (χ0v) is 11.0. The second-order valence-electron chi connectivity index (χ2n) is 3.79. The summed E-state index contributed by atoms with van der Waals surface area (Å²) in [5.41, 5.74) is 1.20.